The third-order valence-corrected chi connectivity index (χ3v) is 2.99. The number of hydrogen-bond donors (Lipinski definition) is 2. The molecular weight excluding hydrogens is 190 g/mol. The Balaban J connectivity index is 3.35. The lowest BCUT2D eigenvalue weighted by molar-refractivity contribution is -0.117. The molecule has 15 heavy (non-hydrogen) atoms. The zero-order chi connectivity index (χ0) is 11.7. The summed E-state index contributed by atoms with van der Waals surface area (Å²) in [5.74, 6) is 4.89. The minimum Gasteiger partial charge on any atom is -0.348 e. The number of nitrogens with two attached hydrogens (primary N) is 1. The highest BCUT2D eigenvalue weighted by Gasteiger charge is 2.24. The van der Waals surface area contributed by atoms with Gasteiger partial charge in [-0.25, -0.2) is 5.84 Å². The van der Waals surface area contributed by atoms with Crippen LogP contribution in [0.25, 0.3) is 0 Å². The largest absolute Gasteiger partial charge is 0.348 e. The maximum absolute atomic E-state index is 11.6. The SMILES string of the molecule is C=C1C(C)=C(C(=O)NN)C(C)=C(C)N1C. The molecule has 1 aliphatic heterocycles. The number of nitrogens with zero attached hydrogens (tertiary/aromatic N) is 1. The summed E-state index contributed by atoms with van der Waals surface area (Å²) in [6.45, 7) is 9.68. The van der Waals surface area contributed by atoms with E-state index in [9.17, 15) is 4.79 Å². The highest BCUT2D eigenvalue weighted by atomic mass is 16.2. The fourth-order valence-electron chi connectivity index (χ4n) is 1.72. The van der Waals surface area contributed by atoms with Crippen LogP contribution in [0.15, 0.2) is 34.7 Å². The Bertz CT molecular complexity index is 391. The van der Waals surface area contributed by atoms with Gasteiger partial charge in [-0.1, -0.05) is 6.58 Å². The summed E-state index contributed by atoms with van der Waals surface area (Å²) >= 11 is 0. The maximum atomic E-state index is 11.6. The van der Waals surface area contributed by atoms with Gasteiger partial charge in [-0.15, -0.1) is 0 Å². The first kappa shape index (κ1) is 11.5. The number of rotatable bonds is 1. The van der Waals surface area contributed by atoms with Crippen LogP contribution in [0.3, 0.4) is 0 Å². The molecule has 1 heterocycles. The lowest BCUT2D eigenvalue weighted by Crippen LogP contribution is -2.35. The van der Waals surface area contributed by atoms with Crippen molar-refractivity contribution in [3.63, 3.8) is 0 Å². The molecular formula is C11H17N3O. The van der Waals surface area contributed by atoms with Crippen LogP contribution < -0.4 is 11.3 Å². The van der Waals surface area contributed by atoms with Gasteiger partial charge in [0.1, 0.15) is 0 Å². The summed E-state index contributed by atoms with van der Waals surface area (Å²) in [5, 5.41) is 0. The molecule has 0 spiro atoms. The number of carbonyl (C=O) groups excluding carboxylic acids is 1. The van der Waals surface area contributed by atoms with Gasteiger partial charge in [0.05, 0.1) is 5.57 Å². The van der Waals surface area contributed by atoms with E-state index >= 15 is 0 Å². The van der Waals surface area contributed by atoms with Crippen molar-refractivity contribution >= 4 is 5.91 Å². The van der Waals surface area contributed by atoms with E-state index in [1.54, 1.807) is 0 Å². The molecule has 1 rings (SSSR count). The smallest absolute Gasteiger partial charge is 0.265 e. The molecule has 0 radical (unpaired) electrons. The number of hydrogen-bond acceptors (Lipinski definition) is 3. The standard InChI is InChI=1S/C11H17N3O/c1-6-8(3)14(5)9(4)7(2)10(6)11(15)13-12/h3,12H2,1-2,4-5H3,(H,13,15). The van der Waals surface area contributed by atoms with E-state index in [1.807, 2.05) is 32.7 Å². The molecule has 0 aromatic carbocycles. The van der Waals surface area contributed by atoms with Crippen LogP contribution in [-0.2, 0) is 4.79 Å². The van der Waals surface area contributed by atoms with Gasteiger partial charge in [0, 0.05) is 18.4 Å². The lowest BCUT2D eigenvalue weighted by atomic mass is 9.93. The average molecular weight is 207 g/mol. The van der Waals surface area contributed by atoms with Crippen molar-refractivity contribution in [2.75, 3.05) is 7.05 Å². The van der Waals surface area contributed by atoms with Gasteiger partial charge in [-0.05, 0) is 31.9 Å². The van der Waals surface area contributed by atoms with Crippen molar-refractivity contribution in [3.05, 3.63) is 34.7 Å². The summed E-state index contributed by atoms with van der Waals surface area (Å²) in [6, 6.07) is 0. The second-order valence-electron chi connectivity index (χ2n) is 3.69. The fraction of sp³-hybridized carbons (Fsp3) is 0.364. The van der Waals surface area contributed by atoms with Crippen molar-refractivity contribution < 1.29 is 4.79 Å². The zero-order valence-electron chi connectivity index (χ0n) is 9.64. The van der Waals surface area contributed by atoms with Gasteiger partial charge in [-0.2, -0.15) is 0 Å². The number of carbonyl (C=O) groups is 1. The molecule has 0 saturated heterocycles. The van der Waals surface area contributed by atoms with Gasteiger partial charge in [-0.3, -0.25) is 10.2 Å². The Morgan fingerprint density at radius 3 is 2.33 bits per heavy atom. The summed E-state index contributed by atoms with van der Waals surface area (Å²) in [6.07, 6.45) is 0. The van der Waals surface area contributed by atoms with E-state index in [2.05, 4.69) is 12.0 Å². The Morgan fingerprint density at radius 2 is 1.87 bits per heavy atom. The first-order valence-corrected chi connectivity index (χ1v) is 4.74. The van der Waals surface area contributed by atoms with Gasteiger partial charge in [0.2, 0.25) is 0 Å². The Hall–Kier alpha value is -1.55. The first-order valence-electron chi connectivity index (χ1n) is 4.74. The monoisotopic (exact) mass is 207 g/mol. The van der Waals surface area contributed by atoms with Crippen LogP contribution >= 0.6 is 0 Å². The van der Waals surface area contributed by atoms with Gasteiger partial charge >= 0.3 is 0 Å². The third-order valence-electron chi connectivity index (χ3n) is 2.99. The van der Waals surface area contributed by atoms with Crippen molar-refractivity contribution in [3.8, 4) is 0 Å². The lowest BCUT2D eigenvalue weighted by Gasteiger charge is -2.31. The van der Waals surface area contributed by atoms with Gasteiger partial charge < -0.3 is 4.90 Å². The molecule has 0 unspecified atom stereocenters. The number of likely N-dealkylation sites (N-methyl/N-ethyl adjacent to an activating group) is 1. The molecule has 0 aromatic rings. The number of allylic oxidation sites excluding steroid dienone is 2. The van der Waals surface area contributed by atoms with Crippen LogP contribution in [0.2, 0.25) is 0 Å². The van der Waals surface area contributed by atoms with Gasteiger partial charge in [0.15, 0.2) is 0 Å². The molecule has 3 N–H and O–H groups in total. The van der Waals surface area contributed by atoms with E-state index in [0.717, 1.165) is 22.5 Å². The third kappa shape index (κ3) is 1.68. The molecule has 0 bridgehead atoms. The molecule has 4 heteroatoms. The van der Waals surface area contributed by atoms with E-state index in [1.165, 1.54) is 0 Å². The first-order chi connectivity index (χ1) is 6.91. The molecule has 0 aliphatic carbocycles. The second kappa shape index (κ2) is 3.90. The van der Waals surface area contributed by atoms with E-state index < -0.39 is 0 Å². The van der Waals surface area contributed by atoms with E-state index in [0.29, 0.717) is 5.57 Å². The fourth-order valence-corrected chi connectivity index (χ4v) is 1.72. The summed E-state index contributed by atoms with van der Waals surface area (Å²) < 4.78 is 0. The van der Waals surface area contributed by atoms with Gasteiger partial charge in [0.25, 0.3) is 5.91 Å². The zero-order valence-corrected chi connectivity index (χ0v) is 9.64. The predicted octanol–water partition coefficient (Wildman–Crippen LogP) is 1.05. The predicted molar refractivity (Wildman–Crippen MR) is 60.3 cm³/mol. The van der Waals surface area contributed by atoms with Crippen LogP contribution in [-0.4, -0.2) is 17.9 Å². The summed E-state index contributed by atoms with van der Waals surface area (Å²) in [4.78, 5) is 13.6. The number of nitrogens with one attached hydrogen (secondary N) is 1. The minimum atomic E-state index is -0.265. The minimum absolute atomic E-state index is 0.265. The molecule has 82 valence electrons. The molecule has 4 nitrogen and oxygen atoms in total. The highest BCUT2D eigenvalue weighted by molar-refractivity contribution is 5.99. The van der Waals surface area contributed by atoms with Crippen LogP contribution in [0.1, 0.15) is 20.8 Å². The number of amides is 1. The van der Waals surface area contributed by atoms with E-state index in [-0.39, 0.29) is 5.91 Å². The number of hydrazine groups is 1. The molecule has 1 amide bonds. The van der Waals surface area contributed by atoms with E-state index in [4.69, 9.17) is 5.84 Å². The van der Waals surface area contributed by atoms with Crippen LogP contribution in [0.5, 0.6) is 0 Å². The average Bonchev–Trinajstić information content (AvgIpc) is 2.23. The normalized spacial score (nSPS) is 17.4. The summed E-state index contributed by atoms with van der Waals surface area (Å²) in [7, 11) is 1.93. The van der Waals surface area contributed by atoms with Crippen LogP contribution in [0, 0.1) is 0 Å². The highest BCUT2D eigenvalue weighted by Crippen LogP contribution is 2.31. The summed E-state index contributed by atoms with van der Waals surface area (Å²) in [5.41, 5.74) is 6.43. The molecule has 0 saturated carbocycles. The molecule has 0 atom stereocenters. The molecule has 0 aromatic heterocycles. The topological polar surface area (TPSA) is 58.4 Å². The van der Waals surface area contributed by atoms with Crippen molar-refractivity contribution in [2.45, 2.75) is 20.8 Å². The van der Waals surface area contributed by atoms with Crippen molar-refractivity contribution in [1.29, 1.82) is 0 Å². The maximum Gasteiger partial charge on any atom is 0.265 e. The second-order valence-corrected chi connectivity index (χ2v) is 3.69. The quantitative estimate of drug-likeness (QED) is 0.384. The Labute approximate surface area is 90.1 Å². The van der Waals surface area contributed by atoms with Crippen molar-refractivity contribution in [1.82, 2.24) is 10.3 Å². The van der Waals surface area contributed by atoms with Crippen LogP contribution in [0.4, 0.5) is 0 Å². The molecule has 0 fully saturated rings. The van der Waals surface area contributed by atoms with Crippen molar-refractivity contribution in [2.24, 2.45) is 5.84 Å². The Morgan fingerprint density at radius 1 is 1.33 bits per heavy atom. The molecule has 1 aliphatic rings. The Kier molecular flexibility index (Phi) is 3.00.